The molecular weight excluding hydrogens is 223 g/mol. The number of ether oxygens (including phenoxy) is 1. The van der Waals surface area contributed by atoms with Gasteiger partial charge in [0.05, 0.1) is 5.56 Å². The number of hydrogen-bond acceptors (Lipinski definition) is 3. The van der Waals surface area contributed by atoms with Gasteiger partial charge in [-0.15, -0.1) is 0 Å². The Morgan fingerprint density at radius 3 is 2.88 bits per heavy atom. The predicted molar refractivity (Wildman–Crippen MR) is 63.6 cm³/mol. The summed E-state index contributed by atoms with van der Waals surface area (Å²) in [5, 5.41) is 3.15. The minimum absolute atomic E-state index is 0.0699. The van der Waals surface area contributed by atoms with Crippen LogP contribution in [0.25, 0.3) is 0 Å². The van der Waals surface area contributed by atoms with Crippen LogP contribution in [0.15, 0.2) is 18.2 Å². The summed E-state index contributed by atoms with van der Waals surface area (Å²) in [6.07, 6.45) is 1.04. The number of carbonyl (C=O) groups is 1. The van der Waals surface area contributed by atoms with Crippen molar-refractivity contribution in [1.29, 1.82) is 0 Å². The van der Waals surface area contributed by atoms with E-state index in [2.05, 4.69) is 12.2 Å². The minimum atomic E-state index is -0.694. The van der Waals surface area contributed by atoms with Crippen molar-refractivity contribution in [3.63, 3.8) is 0 Å². The number of nitrogens with one attached hydrogen (secondary N) is 1. The van der Waals surface area contributed by atoms with Gasteiger partial charge in [0.2, 0.25) is 0 Å². The second-order valence-electron chi connectivity index (χ2n) is 3.60. The fourth-order valence-electron chi connectivity index (χ4n) is 1.36. The van der Waals surface area contributed by atoms with Crippen molar-refractivity contribution in [3.05, 3.63) is 29.6 Å². The van der Waals surface area contributed by atoms with Gasteiger partial charge in [0.1, 0.15) is 18.2 Å². The van der Waals surface area contributed by atoms with Crippen molar-refractivity contribution in [3.8, 4) is 5.75 Å². The lowest BCUT2D eigenvalue weighted by atomic mass is 10.2. The maximum atomic E-state index is 12.9. The Bertz CT molecular complexity index is 383. The van der Waals surface area contributed by atoms with E-state index in [9.17, 15) is 9.18 Å². The summed E-state index contributed by atoms with van der Waals surface area (Å²) in [6, 6.07) is 3.73. The van der Waals surface area contributed by atoms with E-state index in [1.807, 2.05) is 0 Å². The Morgan fingerprint density at radius 1 is 1.47 bits per heavy atom. The van der Waals surface area contributed by atoms with Crippen molar-refractivity contribution in [1.82, 2.24) is 5.32 Å². The number of benzene rings is 1. The smallest absolute Gasteiger partial charge is 0.252 e. The zero-order valence-corrected chi connectivity index (χ0v) is 9.83. The van der Waals surface area contributed by atoms with Crippen molar-refractivity contribution in [2.75, 3.05) is 19.7 Å². The van der Waals surface area contributed by atoms with Gasteiger partial charge in [0.15, 0.2) is 0 Å². The van der Waals surface area contributed by atoms with E-state index >= 15 is 0 Å². The fourth-order valence-corrected chi connectivity index (χ4v) is 1.36. The summed E-state index contributed by atoms with van der Waals surface area (Å²) >= 11 is 0. The average molecular weight is 240 g/mol. The molecule has 0 aliphatic heterocycles. The molecule has 5 heteroatoms. The molecule has 0 unspecified atom stereocenters. The monoisotopic (exact) mass is 240 g/mol. The molecule has 0 aromatic heterocycles. The first-order valence-corrected chi connectivity index (χ1v) is 5.58. The van der Waals surface area contributed by atoms with Gasteiger partial charge >= 0.3 is 0 Å². The number of amides is 1. The molecule has 0 fully saturated rings. The zero-order valence-electron chi connectivity index (χ0n) is 9.83. The molecule has 0 atom stereocenters. The van der Waals surface area contributed by atoms with Crippen LogP contribution in [-0.2, 0) is 0 Å². The summed E-state index contributed by atoms with van der Waals surface area (Å²) in [4.78, 5) is 11.1. The van der Waals surface area contributed by atoms with E-state index in [0.29, 0.717) is 18.9 Å². The van der Waals surface area contributed by atoms with Crippen LogP contribution in [0.1, 0.15) is 23.7 Å². The van der Waals surface area contributed by atoms with Gasteiger partial charge < -0.3 is 15.8 Å². The topological polar surface area (TPSA) is 64.3 Å². The molecule has 0 saturated carbocycles. The number of nitrogens with two attached hydrogens (primary N) is 1. The first-order valence-electron chi connectivity index (χ1n) is 5.58. The fraction of sp³-hybridized carbons (Fsp3) is 0.417. The highest BCUT2D eigenvalue weighted by Crippen LogP contribution is 2.18. The first kappa shape index (κ1) is 13.4. The van der Waals surface area contributed by atoms with Crippen LogP contribution in [0.4, 0.5) is 4.39 Å². The molecule has 1 aromatic rings. The molecule has 94 valence electrons. The van der Waals surface area contributed by atoms with Crippen LogP contribution >= 0.6 is 0 Å². The summed E-state index contributed by atoms with van der Waals surface area (Å²) in [5.41, 5.74) is 5.20. The van der Waals surface area contributed by atoms with E-state index in [1.54, 1.807) is 0 Å². The van der Waals surface area contributed by atoms with E-state index in [0.717, 1.165) is 19.0 Å². The van der Waals surface area contributed by atoms with Crippen LogP contribution < -0.4 is 15.8 Å². The summed E-state index contributed by atoms with van der Waals surface area (Å²) in [7, 11) is 0. The number of halogens is 1. The maximum absolute atomic E-state index is 12.9. The van der Waals surface area contributed by atoms with Crippen molar-refractivity contribution in [2.45, 2.75) is 13.3 Å². The standard InChI is InChI=1S/C12H17FN2O2/c1-2-5-15-6-7-17-11-4-3-9(13)8-10(11)12(14)16/h3-4,8,15H,2,5-7H2,1H3,(H2,14,16). The molecule has 0 aliphatic carbocycles. The van der Waals surface area contributed by atoms with Crippen LogP contribution in [0.3, 0.4) is 0 Å². The van der Waals surface area contributed by atoms with Crippen LogP contribution in [-0.4, -0.2) is 25.6 Å². The quantitative estimate of drug-likeness (QED) is 0.706. The number of hydrogen-bond donors (Lipinski definition) is 2. The third-order valence-corrected chi connectivity index (χ3v) is 2.17. The van der Waals surface area contributed by atoms with Crippen molar-refractivity contribution in [2.24, 2.45) is 5.73 Å². The molecule has 4 nitrogen and oxygen atoms in total. The SMILES string of the molecule is CCCNCCOc1ccc(F)cc1C(N)=O. The molecule has 0 bridgehead atoms. The average Bonchev–Trinajstić information content (AvgIpc) is 2.30. The molecule has 0 saturated heterocycles. The van der Waals surface area contributed by atoms with E-state index in [4.69, 9.17) is 10.5 Å². The highest BCUT2D eigenvalue weighted by Gasteiger charge is 2.10. The normalized spacial score (nSPS) is 10.2. The summed E-state index contributed by atoms with van der Waals surface area (Å²) in [6.45, 7) is 4.06. The van der Waals surface area contributed by atoms with E-state index < -0.39 is 11.7 Å². The molecule has 3 N–H and O–H groups in total. The summed E-state index contributed by atoms with van der Waals surface area (Å²) < 4.78 is 18.3. The van der Waals surface area contributed by atoms with Crippen molar-refractivity contribution < 1.29 is 13.9 Å². The molecule has 1 aromatic carbocycles. The Hall–Kier alpha value is -1.62. The molecular formula is C12H17FN2O2. The Labute approximate surface area is 100.0 Å². The Balaban J connectivity index is 2.55. The second-order valence-corrected chi connectivity index (χ2v) is 3.60. The molecule has 17 heavy (non-hydrogen) atoms. The minimum Gasteiger partial charge on any atom is -0.491 e. The molecule has 0 radical (unpaired) electrons. The third kappa shape index (κ3) is 4.40. The van der Waals surface area contributed by atoms with Gasteiger partial charge in [0, 0.05) is 6.54 Å². The zero-order chi connectivity index (χ0) is 12.7. The Kier molecular flexibility index (Phi) is 5.42. The maximum Gasteiger partial charge on any atom is 0.252 e. The molecule has 0 heterocycles. The lowest BCUT2D eigenvalue weighted by Crippen LogP contribution is -2.22. The van der Waals surface area contributed by atoms with Gasteiger partial charge in [-0.3, -0.25) is 4.79 Å². The van der Waals surface area contributed by atoms with Gasteiger partial charge in [-0.1, -0.05) is 6.92 Å². The molecule has 1 amide bonds. The molecule has 1 rings (SSSR count). The van der Waals surface area contributed by atoms with Crippen LogP contribution in [0.5, 0.6) is 5.75 Å². The van der Waals surface area contributed by atoms with E-state index in [-0.39, 0.29) is 5.56 Å². The number of carbonyl (C=O) groups excluding carboxylic acids is 1. The lowest BCUT2D eigenvalue weighted by Gasteiger charge is -2.10. The van der Waals surface area contributed by atoms with Gasteiger partial charge in [-0.05, 0) is 31.2 Å². The van der Waals surface area contributed by atoms with Gasteiger partial charge in [-0.25, -0.2) is 4.39 Å². The van der Waals surface area contributed by atoms with Gasteiger partial charge in [0.25, 0.3) is 5.91 Å². The number of primary amides is 1. The highest BCUT2D eigenvalue weighted by atomic mass is 19.1. The van der Waals surface area contributed by atoms with Crippen LogP contribution in [0.2, 0.25) is 0 Å². The second kappa shape index (κ2) is 6.85. The highest BCUT2D eigenvalue weighted by molar-refractivity contribution is 5.95. The van der Waals surface area contributed by atoms with Crippen LogP contribution in [0, 0.1) is 5.82 Å². The Morgan fingerprint density at radius 2 is 2.24 bits per heavy atom. The lowest BCUT2D eigenvalue weighted by molar-refractivity contribution is 0.0996. The van der Waals surface area contributed by atoms with E-state index in [1.165, 1.54) is 12.1 Å². The predicted octanol–water partition coefficient (Wildman–Crippen LogP) is 1.30. The molecule has 0 aliphatic rings. The third-order valence-electron chi connectivity index (χ3n) is 2.17. The number of rotatable bonds is 7. The summed E-state index contributed by atoms with van der Waals surface area (Å²) in [5.74, 6) is -0.881. The largest absolute Gasteiger partial charge is 0.491 e. The first-order chi connectivity index (χ1) is 8.15. The molecule has 0 spiro atoms. The van der Waals surface area contributed by atoms with Gasteiger partial charge in [-0.2, -0.15) is 0 Å². The van der Waals surface area contributed by atoms with Crippen molar-refractivity contribution >= 4 is 5.91 Å².